The summed E-state index contributed by atoms with van der Waals surface area (Å²) in [6, 6.07) is 6.06. The van der Waals surface area contributed by atoms with Crippen molar-refractivity contribution in [3.05, 3.63) is 47.0 Å². The fraction of sp³-hybridized carbons (Fsp3) is 0.583. The molecule has 138 valence electrons. The van der Waals surface area contributed by atoms with Crippen LogP contribution in [0.25, 0.3) is 0 Å². The largest absolute Gasteiger partial charge is 0.294 e. The van der Waals surface area contributed by atoms with Crippen molar-refractivity contribution >= 4 is 11.6 Å². The number of Topliss-reactive ketones (excluding diaryl/α,β-unsaturated/α-hetero) is 2. The summed E-state index contributed by atoms with van der Waals surface area (Å²) in [6.45, 7) is 6.63. The summed E-state index contributed by atoms with van der Waals surface area (Å²) in [6.07, 6.45) is 11.2. The number of hydrogen-bond donors (Lipinski definition) is 0. The molecule has 0 heterocycles. The highest BCUT2D eigenvalue weighted by Crippen LogP contribution is 2.59. The van der Waals surface area contributed by atoms with E-state index in [9.17, 15) is 9.59 Å². The molecule has 3 aliphatic rings. The quantitative estimate of drug-likeness (QED) is 0.621. The first-order valence-electron chi connectivity index (χ1n) is 10.4. The minimum atomic E-state index is -0.142. The highest BCUT2D eigenvalue weighted by atomic mass is 16.1. The van der Waals surface area contributed by atoms with Crippen molar-refractivity contribution in [3.63, 3.8) is 0 Å². The molecule has 26 heavy (non-hydrogen) atoms. The zero-order valence-electron chi connectivity index (χ0n) is 16.3. The molecule has 0 radical (unpaired) electrons. The maximum atomic E-state index is 13.3. The van der Waals surface area contributed by atoms with Gasteiger partial charge in [-0.3, -0.25) is 9.59 Å². The smallest absolute Gasteiger partial charge is 0.168 e. The lowest BCUT2D eigenvalue weighted by atomic mass is 9.65. The van der Waals surface area contributed by atoms with E-state index in [1.807, 2.05) is 12.1 Å². The molecule has 0 N–H and O–H groups in total. The number of carbonyl (C=O) groups is 2. The van der Waals surface area contributed by atoms with E-state index in [0.29, 0.717) is 17.0 Å². The van der Waals surface area contributed by atoms with Gasteiger partial charge in [-0.15, -0.1) is 0 Å². The van der Waals surface area contributed by atoms with Gasteiger partial charge in [-0.25, -0.2) is 0 Å². The van der Waals surface area contributed by atoms with Crippen LogP contribution >= 0.6 is 0 Å². The Morgan fingerprint density at radius 1 is 1.15 bits per heavy atom. The Labute approximate surface area is 157 Å². The second-order valence-electron chi connectivity index (χ2n) is 8.97. The molecule has 0 aromatic heterocycles. The average Bonchev–Trinajstić information content (AvgIpc) is 3.17. The van der Waals surface area contributed by atoms with E-state index in [1.54, 1.807) is 0 Å². The highest BCUT2D eigenvalue weighted by Gasteiger charge is 2.60. The monoisotopic (exact) mass is 350 g/mol. The van der Waals surface area contributed by atoms with Crippen LogP contribution < -0.4 is 0 Å². The van der Waals surface area contributed by atoms with Gasteiger partial charge in [0.25, 0.3) is 0 Å². The lowest BCUT2D eigenvalue weighted by Gasteiger charge is -2.36. The van der Waals surface area contributed by atoms with E-state index in [4.69, 9.17) is 0 Å². The Bertz CT molecular complexity index is 774. The molecule has 0 spiro atoms. The molecular weight excluding hydrogens is 320 g/mol. The Morgan fingerprint density at radius 3 is 2.69 bits per heavy atom. The van der Waals surface area contributed by atoms with E-state index in [1.165, 1.54) is 31.2 Å². The van der Waals surface area contributed by atoms with Gasteiger partial charge in [-0.2, -0.15) is 0 Å². The minimum absolute atomic E-state index is 0.119. The van der Waals surface area contributed by atoms with Gasteiger partial charge in [0, 0.05) is 23.0 Å². The molecule has 4 rings (SSSR count). The van der Waals surface area contributed by atoms with Crippen molar-refractivity contribution in [1.29, 1.82) is 0 Å². The first-order chi connectivity index (χ1) is 12.5. The second kappa shape index (κ2) is 6.48. The lowest BCUT2D eigenvalue weighted by molar-refractivity contribution is 0.0676. The fourth-order valence-corrected chi connectivity index (χ4v) is 5.69. The molecular formula is C24H30O2. The molecule has 5 unspecified atom stereocenters. The summed E-state index contributed by atoms with van der Waals surface area (Å²) in [5.74, 6) is 1.07. The fourth-order valence-electron chi connectivity index (χ4n) is 5.69. The number of fused-ring (bicyclic) bond motifs is 6. The van der Waals surface area contributed by atoms with Crippen molar-refractivity contribution in [3.8, 4) is 0 Å². The topological polar surface area (TPSA) is 34.1 Å². The second-order valence-corrected chi connectivity index (χ2v) is 8.97. The average molecular weight is 351 g/mol. The third-order valence-electron chi connectivity index (χ3n) is 7.20. The number of rotatable bonds is 6. The van der Waals surface area contributed by atoms with Crippen LogP contribution in [0, 0.1) is 29.1 Å². The summed E-state index contributed by atoms with van der Waals surface area (Å²) in [5, 5.41) is 0. The summed E-state index contributed by atoms with van der Waals surface area (Å²) in [4.78, 5) is 26.5. The number of hydrogen-bond acceptors (Lipinski definition) is 2. The van der Waals surface area contributed by atoms with Crippen molar-refractivity contribution in [2.45, 2.75) is 59.3 Å². The first-order valence-corrected chi connectivity index (χ1v) is 10.4. The van der Waals surface area contributed by atoms with Gasteiger partial charge in [-0.1, -0.05) is 70.7 Å². The molecule has 1 aromatic carbocycles. The van der Waals surface area contributed by atoms with Crippen LogP contribution in [-0.4, -0.2) is 11.6 Å². The zero-order chi connectivity index (χ0) is 18.5. The molecule has 1 saturated carbocycles. The summed E-state index contributed by atoms with van der Waals surface area (Å²) in [7, 11) is 0. The van der Waals surface area contributed by atoms with Crippen molar-refractivity contribution < 1.29 is 9.59 Å². The molecule has 2 heteroatoms. The SMILES string of the molecule is CCCCC(CC)Cc1ccc2c(c1)C(=O)C1C3C=CC(C)(C3)C1C2=O. The number of ketones is 2. The van der Waals surface area contributed by atoms with Gasteiger partial charge in [-0.05, 0) is 41.7 Å². The molecule has 2 bridgehead atoms. The normalized spacial score (nSPS) is 32.7. The molecule has 0 saturated heterocycles. The number of benzene rings is 1. The summed E-state index contributed by atoms with van der Waals surface area (Å²) >= 11 is 0. The highest BCUT2D eigenvalue weighted by molar-refractivity contribution is 6.17. The number of allylic oxidation sites excluding steroid dienone is 2. The number of unbranched alkanes of at least 4 members (excludes halogenated alkanes) is 1. The van der Waals surface area contributed by atoms with Crippen molar-refractivity contribution in [2.24, 2.45) is 29.1 Å². The van der Waals surface area contributed by atoms with Crippen LogP contribution in [0.3, 0.4) is 0 Å². The Hall–Kier alpha value is -1.70. The van der Waals surface area contributed by atoms with E-state index in [0.717, 1.165) is 12.8 Å². The zero-order valence-corrected chi connectivity index (χ0v) is 16.3. The Kier molecular flexibility index (Phi) is 4.41. The van der Waals surface area contributed by atoms with Crippen LogP contribution in [0.1, 0.15) is 79.2 Å². The van der Waals surface area contributed by atoms with Crippen LogP contribution in [-0.2, 0) is 6.42 Å². The summed E-state index contributed by atoms with van der Waals surface area (Å²) in [5.41, 5.74) is 2.47. The molecule has 3 aliphatic carbocycles. The van der Waals surface area contributed by atoms with Crippen molar-refractivity contribution in [2.75, 3.05) is 0 Å². The standard InChI is InChI=1S/C24H30O2/c1-4-6-7-15(5-2)12-16-8-9-18-19(13-16)22(25)20-17-10-11-24(3,14-17)21(20)23(18)26/h8-11,13,15,17,20-21H,4-7,12,14H2,1-3H3. The van der Waals surface area contributed by atoms with Crippen LogP contribution in [0.5, 0.6) is 0 Å². The van der Waals surface area contributed by atoms with Crippen LogP contribution in [0.2, 0.25) is 0 Å². The summed E-state index contributed by atoms with van der Waals surface area (Å²) < 4.78 is 0. The van der Waals surface area contributed by atoms with Gasteiger partial charge in [0.15, 0.2) is 11.6 Å². The Balaban J connectivity index is 1.64. The molecule has 2 nitrogen and oxygen atoms in total. The van der Waals surface area contributed by atoms with E-state index in [2.05, 4.69) is 39.0 Å². The van der Waals surface area contributed by atoms with Gasteiger partial charge in [0.2, 0.25) is 0 Å². The molecule has 1 aromatic rings. The predicted molar refractivity (Wildman–Crippen MR) is 104 cm³/mol. The third-order valence-corrected chi connectivity index (χ3v) is 7.20. The molecule has 5 atom stereocenters. The maximum Gasteiger partial charge on any atom is 0.168 e. The molecule has 0 amide bonds. The van der Waals surface area contributed by atoms with Gasteiger partial charge < -0.3 is 0 Å². The van der Waals surface area contributed by atoms with E-state index >= 15 is 0 Å². The molecule has 0 aliphatic heterocycles. The van der Waals surface area contributed by atoms with E-state index in [-0.39, 0.29) is 34.7 Å². The third kappa shape index (κ3) is 2.61. The van der Waals surface area contributed by atoms with Crippen LogP contribution in [0.4, 0.5) is 0 Å². The molecule has 1 fully saturated rings. The first kappa shape index (κ1) is 17.7. The van der Waals surface area contributed by atoms with Gasteiger partial charge >= 0.3 is 0 Å². The van der Waals surface area contributed by atoms with E-state index < -0.39 is 0 Å². The van der Waals surface area contributed by atoms with Crippen LogP contribution in [0.15, 0.2) is 30.4 Å². The predicted octanol–water partition coefficient (Wildman–Crippen LogP) is 5.65. The van der Waals surface area contributed by atoms with Gasteiger partial charge in [0.1, 0.15) is 0 Å². The van der Waals surface area contributed by atoms with Crippen molar-refractivity contribution in [1.82, 2.24) is 0 Å². The minimum Gasteiger partial charge on any atom is -0.294 e. The van der Waals surface area contributed by atoms with Gasteiger partial charge in [0.05, 0.1) is 0 Å². The lowest BCUT2D eigenvalue weighted by Crippen LogP contribution is -2.42. The Morgan fingerprint density at radius 2 is 1.96 bits per heavy atom. The maximum absolute atomic E-state index is 13.3. The number of carbonyl (C=O) groups excluding carboxylic acids is 2.